The molecule has 0 amide bonds. The van der Waals surface area contributed by atoms with E-state index in [0.29, 0.717) is 6.04 Å². The summed E-state index contributed by atoms with van der Waals surface area (Å²) in [5, 5.41) is 0. The van der Waals surface area contributed by atoms with Crippen molar-refractivity contribution in [3.63, 3.8) is 0 Å². The lowest BCUT2D eigenvalue weighted by atomic mass is 9.80. The Morgan fingerprint density at radius 2 is 1.65 bits per heavy atom. The number of nitrogen functional groups attached to an aromatic ring is 1. The van der Waals surface area contributed by atoms with E-state index in [1.807, 2.05) is 12.1 Å². The Kier molecular flexibility index (Phi) is 3.60. The molecule has 1 aliphatic carbocycles. The van der Waals surface area contributed by atoms with Crippen molar-refractivity contribution in [1.29, 1.82) is 0 Å². The average Bonchev–Trinajstić information content (AvgIpc) is 2.27. The van der Waals surface area contributed by atoms with Crippen LogP contribution < -0.4 is 10.6 Å². The van der Waals surface area contributed by atoms with Gasteiger partial charge in [0.25, 0.3) is 0 Å². The lowest BCUT2D eigenvalue weighted by Gasteiger charge is -2.38. The van der Waals surface area contributed by atoms with Crippen LogP contribution in [0.4, 0.5) is 11.4 Å². The molecule has 0 saturated heterocycles. The molecule has 1 fully saturated rings. The number of nitrogens with two attached hydrogens (primary N) is 1. The summed E-state index contributed by atoms with van der Waals surface area (Å²) in [5.74, 6) is 1.66. The maximum Gasteiger partial charge on any atom is 0.0599 e. The van der Waals surface area contributed by atoms with Gasteiger partial charge in [0, 0.05) is 13.1 Å². The van der Waals surface area contributed by atoms with Gasteiger partial charge in [-0.05, 0) is 43.2 Å². The molecule has 1 aromatic rings. The molecule has 1 saturated carbocycles. The zero-order valence-corrected chi connectivity index (χ0v) is 11.2. The Morgan fingerprint density at radius 3 is 2.24 bits per heavy atom. The standard InChI is InChI=1S/C15H24N2/c1-11-8-12(2)10-13(9-11)17(3)15-7-5-4-6-14(15)16/h4-7,11-13H,8-10,16H2,1-3H3. The third-order valence-corrected chi connectivity index (χ3v) is 4.02. The van der Waals surface area contributed by atoms with Crippen LogP contribution in [0.3, 0.4) is 0 Å². The number of nitrogens with zero attached hydrogens (tertiary/aromatic N) is 1. The minimum atomic E-state index is 0.637. The van der Waals surface area contributed by atoms with E-state index in [9.17, 15) is 0 Å². The van der Waals surface area contributed by atoms with Crippen LogP contribution in [-0.4, -0.2) is 13.1 Å². The highest BCUT2D eigenvalue weighted by molar-refractivity contribution is 5.67. The first-order valence-electron chi connectivity index (χ1n) is 6.65. The van der Waals surface area contributed by atoms with Crippen molar-refractivity contribution < 1.29 is 0 Å². The summed E-state index contributed by atoms with van der Waals surface area (Å²) in [5.41, 5.74) is 8.12. The number of hydrogen-bond donors (Lipinski definition) is 1. The zero-order chi connectivity index (χ0) is 12.4. The largest absolute Gasteiger partial charge is 0.397 e. The third kappa shape index (κ3) is 2.74. The van der Waals surface area contributed by atoms with Crippen LogP contribution in [0, 0.1) is 11.8 Å². The lowest BCUT2D eigenvalue weighted by molar-refractivity contribution is 0.264. The maximum atomic E-state index is 6.06. The fourth-order valence-corrected chi connectivity index (χ4v) is 3.23. The number of benzene rings is 1. The second-order valence-electron chi connectivity index (χ2n) is 5.74. The minimum Gasteiger partial charge on any atom is -0.397 e. The van der Waals surface area contributed by atoms with Crippen LogP contribution in [-0.2, 0) is 0 Å². The van der Waals surface area contributed by atoms with E-state index in [-0.39, 0.29) is 0 Å². The summed E-state index contributed by atoms with van der Waals surface area (Å²) in [7, 11) is 2.18. The summed E-state index contributed by atoms with van der Waals surface area (Å²) in [6.45, 7) is 4.73. The molecule has 0 spiro atoms. The van der Waals surface area contributed by atoms with Gasteiger partial charge < -0.3 is 10.6 Å². The maximum absolute atomic E-state index is 6.06. The fraction of sp³-hybridized carbons (Fsp3) is 0.600. The van der Waals surface area contributed by atoms with Crippen molar-refractivity contribution >= 4 is 11.4 Å². The SMILES string of the molecule is CC1CC(C)CC(N(C)c2ccccc2N)C1. The average molecular weight is 232 g/mol. The van der Waals surface area contributed by atoms with E-state index in [1.165, 1.54) is 24.9 Å². The van der Waals surface area contributed by atoms with E-state index in [1.54, 1.807) is 0 Å². The van der Waals surface area contributed by atoms with E-state index in [2.05, 4.69) is 37.9 Å². The summed E-state index contributed by atoms with van der Waals surface area (Å²) in [6.07, 6.45) is 3.94. The van der Waals surface area contributed by atoms with Gasteiger partial charge in [0.15, 0.2) is 0 Å². The Balaban J connectivity index is 2.14. The highest BCUT2D eigenvalue weighted by Gasteiger charge is 2.27. The molecule has 2 N–H and O–H groups in total. The first kappa shape index (κ1) is 12.3. The van der Waals surface area contributed by atoms with Gasteiger partial charge in [0.05, 0.1) is 11.4 Å². The molecule has 0 heterocycles. The highest BCUT2D eigenvalue weighted by Crippen LogP contribution is 2.34. The van der Waals surface area contributed by atoms with Gasteiger partial charge in [-0.15, -0.1) is 0 Å². The highest BCUT2D eigenvalue weighted by atomic mass is 15.1. The van der Waals surface area contributed by atoms with Crippen molar-refractivity contribution in [3.05, 3.63) is 24.3 Å². The van der Waals surface area contributed by atoms with Crippen molar-refractivity contribution in [3.8, 4) is 0 Å². The zero-order valence-electron chi connectivity index (χ0n) is 11.2. The molecule has 0 aliphatic heterocycles. The summed E-state index contributed by atoms with van der Waals surface area (Å²) >= 11 is 0. The second kappa shape index (κ2) is 4.99. The van der Waals surface area contributed by atoms with Gasteiger partial charge in [0.1, 0.15) is 0 Å². The van der Waals surface area contributed by atoms with Crippen molar-refractivity contribution in [2.75, 3.05) is 17.7 Å². The van der Waals surface area contributed by atoms with Crippen LogP contribution in [0.15, 0.2) is 24.3 Å². The molecular weight excluding hydrogens is 208 g/mol. The Morgan fingerprint density at radius 1 is 1.06 bits per heavy atom. The molecule has 2 atom stereocenters. The molecule has 0 aromatic heterocycles. The van der Waals surface area contributed by atoms with Crippen molar-refractivity contribution in [1.82, 2.24) is 0 Å². The minimum absolute atomic E-state index is 0.637. The van der Waals surface area contributed by atoms with Gasteiger partial charge in [-0.1, -0.05) is 26.0 Å². The Hall–Kier alpha value is -1.18. The molecule has 17 heavy (non-hydrogen) atoms. The molecule has 2 rings (SSSR count). The predicted molar refractivity (Wildman–Crippen MR) is 75.2 cm³/mol. The molecule has 2 nitrogen and oxygen atoms in total. The Labute approximate surface area is 105 Å². The monoisotopic (exact) mass is 232 g/mol. The van der Waals surface area contributed by atoms with Crippen molar-refractivity contribution in [2.45, 2.75) is 39.2 Å². The summed E-state index contributed by atoms with van der Waals surface area (Å²) in [4.78, 5) is 2.38. The van der Waals surface area contributed by atoms with Gasteiger partial charge >= 0.3 is 0 Å². The lowest BCUT2D eigenvalue weighted by Crippen LogP contribution is -2.38. The first-order chi connectivity index (χ1) is 8.08. The molecule has 2 unspecified atom stereocenters. The Bertz CT molecular complexity index is 365. The summed E-state index contributed by atoms with van der Waals surface area (Å²) in [6, 6.07) is 8.82. The number of hydrogen-bond acceptors (Lipinski definition) is 2. The van der Waals surface area contributed by atoms with Gasteiger partial charge in [0.2, 0.25) is 0 Å². The quantitative estimate of drug-likeness (QED) is 0.790. The number of anilines is 2. The third-order valence-electron chi connectivity index (χ3n) is 4.02. The molecule has 1 aromatic carbocycles. The predicted octanol–water partition coefficient (Wildman–Crippen LogP) is 3.53. The van der Waals surface area contributed by atoms with Crippen LogP contribution >= 0.6 is 0 Å². The smallest absolute Gasteiger partial charge is 0.0599 e. The molecular formula is C15H24N2. The van der Waals surface area contributed by atoms with E-state index in [4.69, 9.17) is 5.73 Å². The van der Waals surface area contributed by atoms with Crippen LogP contribution in [0.5, 0.6) is 0 Å². The van der Waals surface area contributed by atoms with Gasteiger partial charge in [-0.2, -0.15) is 0 Å². The van der Waals surface area contributed by atoms with Gasteiger partial charge in [-0.3, -0.25) is 0 Å². The van der Waals surface area contributed by atoms with E-state index in [0.717, 1.165) is 17.5 Å². The topological polar surface area (TPSA) is 29.3 Å². The number of rotatable bonds is 2. The summed E-state index contributed by atoms with van der Waals surface area (Å²) < 4.78 is 0. The molecule has 0 bridgehead atoms. The first-order valence-corrected chi connectivity index (χ1v) is 6.65. The molecule has 0 radical (unpaired) electrons. The van der Waals surface area contributed by atoms with Crippen LogP contribution in [0.2, 0.25) is 0 Å². The number of para-hydroxylation sites is 2. The van der Waals surface area contributed by atoms with Gasteiger partial charge in [-0.25, -0.2) is 0 Å². The van der Waals surface area contributed by atoms with Crippen molar-refractivity contribution in [2.24, 2.45) is 11.8 Å². The van der Waals surface area contributed by atoms with Crippen LogP contribution in [0.25, 0.3) is 0 Å². The fourth-order valence-electron chi connectivity index (χ4n) is 3.23. The van der Waals surface area contributed by atoms with E-state index >= 15 is 0 Å². The molecule has 2 heteroatoms. The normalized spacial score (nSPS) is 29.0. The van der Waals surface area contributed by atoms with Crippen LogP contribution in [0.1, 0.15) is 33.1 Å². The van der Waals surface area contributed by atoms with E-state index < -0.39 is 0 Å². The molecule has 94 valence electrons. The second-order valence-corrected chi connectivity index (χ2v) is 5.74. The molecule has 1 aliphatic rings.